The van der Waals surface area contributed by atoms with E-state index >= 15 is 0 Å². The summed E-state index contributed by atoms with van der Waals surface area (Å²) in [6, 6.07) is 3.98. The summed E-state index contributed by atoms with van der Waals surface area (Å²) in [5.41, 5.74) is 4.17. The average Bonchev–Trinajstić information content (AvgIpc) is 3.53. The second-order valence-corrected chi connectivity index (χ2v) is 10.4. The number of allylic oxidation sites excluding steroid dienone is 3. The first-order valence-corrected chi connectivity index (χ1v) is 12.3. The molecule has 2 atom stereocenters. The fraction of sp³-hybridized carbons (Fsp3) is 0.304. The Balaban J connectivity index is 1.22. The van der Waals surface area contributed by atoms with Crippen LogP contribution in [0.4, 0.5) is 0 Å². The van der Waals surface area contributed by atoms with Crippen molar-refractivity contribution in [2.45, 2.75) is 30.8 Å². The molecule has 8 heteroatoms. The van der Waals surface area contributed by atoms with Gasteiger partial charge in [-0.15, -0.1) is 23.1 Å². The van der Waals surface area contributed by atoms with Crippen LogP contribution in [-0.2, 0) is 0 Å². The van der Waals surface area contributed by atoms with Crippen LogP contribution in [0.5, 0.6) is 0 Å². The molecule has 0 saturated carbocycles. The second kappa shape index (κ2) is 7.17. The smallest absolute Gasteiger partial charge is 0.263 e. The molecule has 0 radical (unpaired) electrons. The number of hydrogen-bond acceptors (Lipinski definition) is 7. The molecule has 6 rings (SSSR count). The highest BCUT2D eigenvalue weighted by Gasteiger charge is 2.40. The Hall–Kier alpha value is -2.71. The molecule has 0 bridgehead atoms. The monoisotopic (exact) mass is 449 g/mol. The Morgan fingerprint density at radius 1 is 1.29 bits per heavy atom. The van der Waals surface area contributed by atoms with Gasteiger partial charge < -0.3 is 20.4 Å². The fourth-order valence-corrected chi connectivity index (χ4v) is 6.23. The van der Waals surface area contributed by atoms with E-state index in [4.69, 9.17) is 0 Å². The van der Waals surface area contributed by atoms with Crippen LogP contribution >= 0.6 is 23.1 Å². The summed E-state index contributed by atoms with van der Waals surface area (Å²) < 4.78 is 0. The fourth-order valence-electron chi connectivity index (χ4n) is 4.46. The zero-order valence-electron chi connectivity index (χ0n) is 17.2. The van der Waals surface area contributed by atoms with Gasteiger partial charge in [0.15, 0.2) is 0 Å². The molecule has 0 spiro atoms. The van der Waals surface area contributed by atoms with Gasteiger partial charge in [0.05, 0.1) is 21.2 Å². The number of nitrogens with zero attached hydrogens (tertiary/aromatic N) is 3. The van der Waals surface area contributed by atoms with Crippen molar-refractivity contribution in [2.75, 3.05) is 13.1 Å². The third-order valence-electron chi connectivity index (χ3n) is 6.28. The van der Waals surface area contributed by atoms with Gasteiger partial charge in [0.25, 0.3) is 5.91 Å². The van der Waals surface area contributed by atoms with Crippen LogP contribution in [0.3, 0.4) is 0 Å². The lowest BCUT2D eigenvalue weighted by Gasteiger charge is -2.38. The molecule has 1 fully saturated rings. The lowest BCUT2D eigenvalue weighted by molar-refractivity contribution is 0.0797. The third kappa shape index (κ3) is 3.08. The Labute approximate surface area is 189 Å². The van der Waals surface area contributed by atoms with E-state index in [1.807, 2.05) is 29.4 Å². The van der Waals surface area contributed by atoms with Crippen molar-refractivity contribution < 1.29 is 4.79 Å². The van der Waals surface area contributed by atoms with Crippen molar-refractivity contribution in [1.82, 2.24) is 20.4 Å². The minimum Gasteiger partial charge on any atom is -0.374 e. The molecule has 1 saturated heterocycles. The number of amides is 1. The summed E-state index contributed by atoms with van der Waals surface area (Å²) in [5.74, 6) is 0.153. The summed E-state index contributed by atoms with van der Waals surface area (Å²) in [4.78, 5) is 23.4. The zero-order chi connectivity index (χ0) is 21.0. The van der Waals surface area contributed by atoms with Crippen molar-refractivity contribution in [2.24, 2.45) is 4.99 Å². The highest BCUT2D eigenvalue weighted by atomic mass is 32.2. The predicted molar refractivity (Wildman–Crippen MR) is 126 cm³/mol. The maximum absolute atomic E-state index is 12.7. The molecule has 2 unspecified atom stereocenters. The van der Waals surface area contributed by atoms with Gasteiger partial charge in [-0.1, -0.05) is 6.08 Å². The largest absolute Gasteiger partial charge is 0.374 e. The molecule has 1 aromatic heterocycles. The van der Waals surface area contributed by atoms with E-state index in [1.54, 1.807) is 23.1 Å². The molecule has 6 nitrogen and oxygen atoms in total. The first kappa shape index (κ1) is 19.0. The maximum atomic E-state index is 12.7. The summed E-state index contributed by atoms with van der Waals surface area (Å²) in [5, 5.41) is 9.20. The van der Waals surface area contributed by atoms with Crippen molar-refractivity contribution in [3.63, 3.8) is 0 Å². The van der Waals surface area contributed by atoms with Crippen molar-refractivity contribution in [1.29, 1.82) is 0 Å². The number of carbonyl (C=O) groups is 1. The van der Waals surface area contributed by atoms with Crippen LogP contribution in [0.15, 0.2) is 76.3 Å². The minimum absolute atomic E-state index is 0.153. The van der Waals surface area contributed by atoms with Gasteiger partial charge in [-0.25, -0.2) is 0 Å². The van der Waals surface area contributed by atoms with E-state index in [1.165, 1.54) is 5.70 Å². The highest BCUT2D eigenvalue weighted by molar-refractivity contribution is 8.03. The molecule has 5 aliphatic rings. The van der Waals surface area contributed by atoms with Crippen molar-refractivity contribution in [3.8, 4) is 0 Å². The van der Waals surface area contributed by atoms with Crippen LogP contribution in [0.25, 0.3) is 0 Å². The van der Waals surface area contributed by atoms with Crippen LogP contribution in [0, 0.1) is 0 Å². The SMILES string of the molecule is CC12C=CC(C3=CN=C3c3ccc(C(=O)N4CCCC4)s3)=CN1C(C1NC=CS1)=CN2. The molecular formula is C23H23N5OS2. The van der Waals surface area contributed by atoms with E-state index < -0.39 is 0 Å². The normalized spacial score (nSPS) is 28.4. The average molecular weight is 450 g/mol. The standard InChI is InChI=1S/C23H23N5OS2/c1-23-7-6-15(14-28(23)17(13-26-23)21-24-8-11-30-21)16-12-25-20(16)18-4-5-19(31-18)22(29)27-9-2-3-10-27/h4-8,11-14,21,24,26H,2-3,9-10H2,1H3. The number of thiophene rings is 1. The number of rotatable bonds is 4. The molecule has 2 N–H and O–H groups in total. The van der Waals surface area contributed by atoms with Crippen LogP contribution in [-0.4, -0.2) is 45.5 Å². The quantitative estimate of drug-likeness (QED) is 0.734. The highest BCUT2D eigenvalue weighted by Crippen LogP contribution is 2.39. The van der Waals surface area contributed by atoms with Gasteiger partial charge in [-0.05, 0) is 43.4 Å². The summed E-state index contributed by atoms with van der Waals surface area (Å²) >= 11 is 3.32. The molecule has 5 aliphatic heterocycles. The van der Waals surface area contributed by atoms with Gasteiger partial charge in [-0.2, -0.15) is 0 Å². The molecule has 6 heterocycles. The second-order valence-electron chi connectivity index (χ2n) is 8.32. The van der Waals surface area contributed by atoms with Crippen molar-refractivity contribution >= 4 is 34.7 Å². The molecule has 0 aliphatic carbocycles. The Bertz CT molecular complexity index is 1130. The Morgan fingerprint density at radius 2 is 2.16 bits per heavy atom. The molecule has 1 aromatic rings. The molecular weight excluding hydrogens is 426 g/mol. The number of fused-ring (bicyclic) bond motifs is 1. The topological polar surface area (TPSA) is 60.0 Å². The van der Waals surface area contributed by atoms with E-state index in [0.29, 0.717) is 0 Å². The lowest BCUT2D eigenvalue weighted by atomic mass is 9.94. The first-order valence-electron chi connectivity index (χ1n) is 10.6. The van der Waals surface area contributed by atoms with Gasteiger partial charge in [0.2, 0.25) is 0 Å². The number of thioether (sulfide) groups is 1. The van der Waals surface area contributed by atoms with Crippen LogP contribution < -0.4 is 10.6 Å². The van der Waals surface area contributed by atoms with E-state index in [9.17, 15) is 4.79 Å². The van der Waals surface area contributed by atoms with Crippen LogP contribution in [0.2, 0.25) is 0 Å². The van der Waals surface area contributed by atoms with Crippen LogP contribution in [0.1, 0.15) is 34.3 Å². The molecule has 31 heavy (non-hydrogen) atoms. The number of nitrogens with one attached hydrogen (secondary N) is 2. The summed E-state index contributed by atoms with van der Waals surface area (Å²) in [7, 11) is 0. The molecule has 1 amide bonds. The minimum atomic E-state index is -0.260. The summed E-state index contributed by atoms with van der Waals surface area (Å²) in [6.45, 7) is 3.92. The Morgan fingerprint density at radius 3 is 2.90 bits per heavy atom. The number of carbonyl (C=O) groups excluding carboxylic acids is 1. The van der Waals surface area contributed by atoms with Gasteiger partial charge in [0.1, 0.15) is 11.0 Å². The summed E-state index contributed by atoms with van der Waals surface area (Å²) in [6.07, 6.45) is 14.8. The van der Waals surface area contributed by atoms with Crippen molar-refractivity contribution in [3.05, 3.63) is 81.1 Å². The van der Waals surface area contributed by atoms with E-state index in [0.717, 1.165) is 52.5 Å². The number of likely N-dealkylation sites (tertiary alicyclic amines) is 1. The third-order valence-corrected chi connectivity index (χ3v) is 8.30. The van der Waals surface area contributed by atoms with E-state index in [2.05, 4.69) is 57.4 Å². The number of hydrogen-bond donors (Lipinski definition) is 2. The zero-order valence-corrected chi connectivity index (χ0v) is 18.8. The Kier molecular flexibility index (Phi) is 4.40. The predicted octanol–water partition coefficient (Wildman–Crippen LogP) is 3.72. The first-order chi connectivity index (χ1) is 15.1. The number of aliphatic imine (C=N–C) groups is 1. The van der Waals surface area contributed by atoms with E-state index in [-0.39, 0.29) is 16.9 Å². The van der Waals surface area contributed by atoms with Gasteiger partial charge in [0, 0.05) is 49.0 Å². The molecule has 158 valence electrons. The lowest BCUT2D eigenvalue weighted by Crippen LogP contribution is -2.48. The van der Waals surface area contributed by atoms with Gasteiger partial charge in [-0.3, -0.25) is 9.79 Å². The maximum Gasteiger partial charge on any atom is 0.263 e. The van der Waals surface area contributed by atoms with Gasteiger partial charge >= 0.3 is 0 Å². The molecule has 0 aromatic carbocycles.